The lowest BCUT2D eigenvalue weighted by atomic mass is 10.1. The topological polar surface area (TPSA) is 29.3 Å². The van der Waals surface area contributed by atoms with Crippen molar-refractivity contribution >= 4 is 0 Å². The molecule has 0 aromatic heterocycles. The van der Waals surface area contributed by atoms with Crippen molar-refractivity contribution in [1.29, 1.82) is 0 Å². The van der Waals surface area contributed by atoms with E-state index in [1.165, 1.54) is 19.3 Å². The number of nitrogens with zero attached hydrogens (tertiary/aromatic N) is 1. The fraction of sp³-hybridized carbons (Fsp3) is 0.429. The van der Waals surface area contributed by atoms with E-state index >= 15 is 0 Å². The van der Waals surface area contributed by atoms with Gasteiger partial charge in [0.2, 0.25) is 0 Å². The van der Waals surface area contributed by atoms with E-state index in [4.69, 9.17) is 5.73 Å². The van der Waals surface area contributed by atoms with Crippen molar-refractivity contribution in [3.05, 3.63) is 24.0 Å². The molecule has 1 atom stereocenters. The number of hydrogen-bond acceptors (Lipinski definition) is 2. The Balaban J connectivity index is 2.85. The summed E-state index contributed by atoms with van der Waals surface area (Å²) in [7, 11) is 1.36. The molecular weight excluding hydrogens is 169 g/mol. The Labute approximate surface area is 68.1 Å². The van der Waals surface area contributed by atoms with Crippen LogP contribution in [0.2, 0.25) is 0 Å². The number of allylic oxidation sites excluding steroid dienone is 1. The molecule has 0 aromatic rings. The molecule has 1 unspecified atom stereocenters. The Kier molecular flexibility index (Phi) is 2.04. The molecule has 0 saturated heterocycles. The lowest BCUT2D eigenvalue weighted by molar-refractivity contribution is -0.161. The minimum Gasteiger partial charge on any atom is -0.399 e. The minimum absolute atomic E-state index is 0.149. The van der Waals surface area contributed by atoms with Gasteiger partial charge in [-0.05, 0) is 12.2 Å². The molecule has 0 radical (unpaired) electrons. The summed E-state index contributed by atoms with van der Waals surface area (Å²) >= 11 is 0. The number of rotatable bonds is 0. The number of likely N-dealkylation sites (N-methyl/N-ethyl adjacent to an activating group) is 1. The number of alkyl halides is 3. The van der Waals surface area contributed by atoms with Gasteiger partial charge in [-0.25, -0.2) is 0 Å². The molecule has 1 rings (SSSR count). The van der Waals surface area contributed by atoms with Gasteiger partial charge >= 0.3 is 6.18 Å². The molecule has 2 N–H and O–H groups in total. The second-order valence-electron chi connectivity index (χ2n) is 2.63. The predicted octanol–water partition coefficient (Wildman–Crippen LogP) is 1.22. The molecule has 2 nitrogen and oxygen atoms in total. The van der Waals surface area contributed by atoms with Crippen molar-refractivity contribution in [1.82, 2.24) is 4.90 Å². The average molecular weight is 178 g/mol. The summed E-state index contributed by atoms with van der Waals surface area (Å²) < 4.78 is 36.6. The van der Waals surface area contributed by atoms with Gasteiger partial charge in [-0.15, -0.1) is 0 Å². The molecule has 0 amide bonds. The van der Waals surface area contributed by atoms with Crippen LogP contribution in [0, 0.1) is 0 Å². The van der Waals surface area contributed by atoms with Crippen LogP contribution in [0.5, 0.6) is 0 Å². The highest BCUT2D eigenvalue weighted by Gasteiger charge is 2.41. The zero-order valence-corrected chi connectivity index (χ0v) is 6.47. The van der Waals surface area contributed by atoms with Crippen LogP contribution in [0.15, 0.2) is 24.0 Å². The first-order valence-electron chi connectivity index (χ1n) is 3.35. The third-order valence-corrected chi connectivity index (χ3v) is 1.63. The van der Waals surface area contributed by atoms with E-state index in [-0.39, 0.29) is 5.70 Å². The first kappa shape index (κ1) is 8.96. The first-order valence-corrected chi connectivity index (χ1v) is 3.35. The Morgan fingerprint density at radius 3 is 2.50 bits per heavy atom. The normalized spacial score (nSPS) is 24.2. The van der Waals surface area contributed by atoms with Crippen LogP contribution in [0.4, 0.5) is 13.2 Å². The summed E-state index contributed by atoms with van der Waals surface area (Å²) in [6, 6.07) is -1.59. The van der Waals surface area contributed by atoms with Crippen molar-refractivity contribution in [2.45, 2.75) is 12.2 Å². The molecule has 0 aliphatic carbocycles. The van der Waals surface area contributed by atoms with Crippen molar-refractivity contribution in [2.75, 3.05) is 7.05 Å². The lowest BCUT2D eigenvalue weighted by Crippen LogP contribution is -2.41. The fourth-order valence-corrected chi connectivity index (χ4v) is 0.977. The van der Waals surface area contributed by atoms with Crippen LogP contribution < -0.4 is 5.73 Å². The van der Waals surface area contributed by atoms with E-state index in [9.17, 15) is 13.2 Å². The first-order chi connectivity index (χ1) is 5.41. The minimum atomic E-state index is -4.26. The number of halogens is 3. The monoisotopic (exact) mass is 178 g/mol. The van der Waals surface area contributed by atoms with Gasteiger partial charge in [0.1, 0.15) is 6.04 Å². The van der Waals surface area contributed by atoms with Gasteiger partial charge in [0.05, 0.1) is 0 Å². The molecule has 68 valence electrons. The highest BCUT2D eigenvalue weighted by atomic mass is 19.4. The van der Waals surface area contributed by atoms with E-state index < -0.39 is 12.2 Å². The quantitative estimate of drug-likeness (QED) is 0.604. The van der Waals surface area contributed by atoms with Gasteiger partial charge in [0.15, 0.2) is 0 Å². The molecule has 1 aliphatic rings. The highest BCUT2D eigenvalue weighted by Crippen LogP contribution is 2.27. The van der Waals surface area contributed by atoms with Gasteiger partial charge < -0.3 is 10.6 Å². The molecule has 0 bridgehead atoms. The lowest BCUT2D eigenvalue weighted by Gasteiger charge is -2.28. The van der Waals surface area contributed by atoms with Crippen molar-refractivity contribution in [3.8, 4) is 0 Å². The maximum absolute atomic E-state index is 12.2. The predicted molar refractivity (Wildman–Crippen MR) is 39.0 cm³/mol. The van der Waals surface area contributed by atoms with Gasteiger partial charge in [0, 0.05) is 18.9 Å². The maximum atomic E-state index is 12.2. The smallest absolute Gasteiger partial charge is 0.399 e. The molecule has 5 heteroatoms. The van der Waals surface area contributed by atoms with E-state index in [1.807, 2.05) is 0 Å². The van der Waals surface area contributed by atoms with Gasteiger partial charge in [0.25, 0.3) is 0 Å². The summed E-state index contributed by atoms with van der Waals surface area (Å²) in [5.74, 6) is 0. The average Bonchev–Trinajstić information content (AvgIpc) is 1.92. The molecular formula is C7H9F3N2. The van der Waals surface area contributed by atoms with Crippen LogP contribution in [0.25, 0.3) is 0 Å². The van der Waals surface area contributed by atoms with Crippen molar-refractivity contribution < 1.29 is 13.2 Å². The third kappa shape index (κ3) is 1.72. The number of hydrogen-bond donors (Lipinski definition) is 1. The third-order valence-electron chi connectivity index (χ3n) is 1.63. The standard InChI is InChI=1S/C7H9F3N2/c1-12-3-2-5(11)4-6(12)7(8,9)10/h2-4,6H,11H2,1H3. The van der Waals surface area contributed by atoms with E-state index in [2.05, 4.69) is 0 Å². The Hall–Kier alpha value is -1.13. The highest BCUT2D eigenvalue weighted by molar-refractivity contribution is 5.22. The molecule has 12 heavy (non-hydrogen) atoms. The zero-order valence-electron chi connectivity index (χ0n) is 6.47. The number of nitrogens with two attached hydrogens (primary N) is 1. The van der Waals surface area contributed by atoms with Crippen LogP contribution in [-0.2, 0) is 0 Å². The Morgan fingerprint density at radius 2 is 2.08 bits per heavy atom. The second kappa shape index (κ2) is 2.73. The van der Waals surface area contributed by atoms with Gasteiger partial charge in [-0.2, -0.15) is 13.2 Å². The molecule has 1 aliphatic heterocycles. The summed E-state index contributed by atoms with van der Waals surface area (Å²) in [6.07, 6.45) is -0.528. The van der Waals surface area contributed by atoms with E-state index in [0.29, 0.717) is 0 Å². The van der Waals surface area contributed by atoms with Crippen molar-refractivity contribution in [2.24, 2.45) is 5.73 Å². The van der Waals surface area contributed by atoms with Crippen LogP contribution in [0.1, 0.15) is 0 Å². The summed E-state index contributed by atoms with van der Waals surface area (Å²) in [5.41, 5.74) is 5.38. The fourth-order valence-electron chi connectivity index (χ4n) is 0.977. The largest absolute Gasteiger partial charge is 0.412 e. The van der Waals surface area contributed by atoms with E-state index in [1.54, 1.807) is 0 Å². The summed E-state index contributed by atoms with van der Waals surface area (Å²) in [5, 5.41) is 0. The SMILES string of the molecule is CN1C=CC(N)=CC1C(F)(F)F. The molecule has 0 spiro atoms. The summed E-state index contributed by atoms with van der Waals surface area (Å²) in [4.78, 5) is 1.07. The van der Waals surface area contributed by atoms with Crippen LogP contribution >= 0.6 is 0 Å². The maximum Gasteiger partial charge on any atom is 0.412 e. The molecule has 0 fully saturated rings. The van der Waals surface area contributed by atoms with E-state index in [0.717, 1.165) is 11.0 Å². The Bertz CT molecular complexity index is 229. The van der Waals surface area contributed by atoms with Crippen LogP contribution in [0.3, 0.4) is 0 Å². The second-order valence-corrected chi connectivity index (χ2v) is 2.63. The van der Waals surface area contributed by atoms with Gasteiger partial charge in [-0.1, -0.05) is 0 Å². The molecule has 1 heterocycles. The van der Waals surface area contributed by atoms with Crippen molar-refractivity contribution in [3.63, 3.8) is 0 Å². The molecule has 0 saturated carbocycles. The molecule has 0 aromatic carbocycles. The van der Waals surface area contributed by atoms with Gasteiger partial charge in [-0.3, -0.25) is 0 Å². The Morgan fingerprint density at radius 1 is 1.50 bits per heavy atom. The summed E-state index contributed by atoms with van der Waals surface area (Å²) in [6.45, 7) is 0. The zero-order chi connectivity index (χ0) is 9.35. The van der Waals surface area contributed by atoms with Crippen LogP contribution in [-0.4, -0.2) is 24.2 Å².